The predicted octanol–water partition coefficient (Wildman–Crippen LogP) is 3.08. The molecule has 29 heavy (non-hydrogen) atoms. The molecule has 1 aliphatic rings. The van der Waals surface area contributed by atoms with E-state index in [-0.39, 0.29) is 30.1 Å². The highest BCUT2D eigenvalue weighted by atomic mass is 16.2. The maximum atomic E-state index is 12.5. The Labute approximate surface area is 169 Å². The van der Waals surface area contributed by atoms with Crippen LogP contribution in [0.15, 0.2) is 59.7 Å². The molecule has 3 rings (SSSR count). The first-order valence-corrected chi connectivity index (χ1v) is 9.57. The number of nitrogens with zero attached hydrogens (tertiary/aromatic N) is 2. The van der Waals surface area contributed by atoms with E-state index in [0.717, 1.165) is 5.56 Å². The largest absolute Gasteiger partial charge is 0.347 e. The van der Waals surface area contributed by atoms with Gasteiger partial charge in [0.05, 0.1) is 5.69 Å². The Morgan fingerprint density at radius 1 is 1.03 bits per heavy atom. The molecular weight excluding hydrogens is 368 g/mol. The first-order valence-electron chi connectivity index (χ1n) is 9.57. The number of hydrogen-bond donors (Lipinski definition) is 2. The van der Waals surface area contributed by atoms with Gasteiger partial charge in [-0.25, -0.2) is 5.01 Å². The summed E-state index contributed by atoms with van der Waals surface area (Å²) >= 11 is 0. The highest BCUT2D eigenvalue weighted by Crippen LogP contribution is 2.19. The molecule has 0 saturated carbocycles. The van der Waals surface area contributed by atoms with E-state index in [4.69, 9.17) is 0 Å². The standard InChI is InChI=1S/C22H24N4O3/c1-15(2)21(28)24-17-10-8-16(9-11-17)14-23-22(29)19-12-13-20(27)26(25-19)18-6-4-3-5-7-18/h3-11,15H,12-14H2,1-2H3,(H,23,29)(H,24,28). The molecule has 2 aromatic rings. The number of benzene rings is 2. The van der Waals surface area contributed by atoms with E-state index in [0.29, 0.717) is 30.1 Å². The molecule has 150 valence electrons. The molecule has 7 heteroatoms. The van der Waals surface area contributed by atoms with Crippen LogP contribution in [0.5, 0.6) is 0 Å². The Kier molecular flexibility index (Phi) is 6.39. The average molecular weight is 392 g/mol. The van der Waals surface area contributed by atoms with Crippen LogP contribution in [-0.2, 0) is 20.9 Å². The predicted molar refractivity (Wildman–Crippen MR) is 112 cm³/mol. The van der Waals surface area contributed by atoms with Crippen molar-refractivity contribution in [3.8, 4) is 0 Å². The zero-order chi connectivity index (χ0) is 20.8. The van der Waals surface area contributed by atoms with Crippen LogP contribution >= 0.6 is 0 Å². The van der Waals surface area contributed by atoms with Crippen molar-refractivity contribution < 1.29 is 14.4 Å². The van der Waals surface area contributed by atoms with Crippen molar-refractivity contribution >= 4 is 34.8 Å². The summed E-state index contributed by atoms with van der Waals surface area (Å²) in [4.78, 5) is 36.4. The van der Waals surface area contributed by atoms with Crippen LogP contribution in [0.3, 0.4) is 0 Å². The van der Waals surface area contributed by atoms with E-state index in [9.17, 15) is 14.4 Å². The summed E-state index contributed by atoms with van der Waals surface area (Å²) in [5.74, 6) is -0.561. The third kappa shape index (κ3) is 5.28. The maximum Gasteiger partial charge on any atom is 0.267 e. The van der Waals surface area contributed by atoms with Crippen molar-refractivity contribution in [2.75, 3.05) is 10.3 Å². The van der Waals surface area contributed by atoms with E-state index >= 15 is 0 Å². The van der Waals surface area contributed by atoms with Crippen LogP contribution < -0.4 is 15.6 Å². The number of carbonyl (C=O) groups is 3. The third-order valence-corrected chi connectivity index (χ3v) is 4.49. The van der Waals surface area contributed by atoms with Crippen molar-refractivity contribution in [2.45, 2.75) is 33.2 Å². The van der Waals surface area contributed by atoms with E-state index in [1.165, 1.54) is 5.01 Å². The lowest BCUT2D eigenvalue weighted by molar-refractivity contribution is -0.119. The molecule has 0 saturated heterocycles. The Balaban J connectivity index is 1.60. The molecule has 0 aliphatic carbocycles. The Morgan fingerprint density at radius 2 is 1.72 bits per heavy atom. The van der Waals surface area contributed by atoms with Crippen molar-refractivity contribution in [3.63, 3.8) is 0 Å². The van der Waals surface area contributed by atoms with E-state index < -0.39 is 0 Å². The van der Waals surface area contributed by atoms with Gasteiger partial charge in [0.2, 0.25) is 11.8 Å². The molecule has 2 aromatic carbocycles. The minimum Gasteiger partial charge on any atom is -0.347 e. The number of carbonyl (C=O) groups excluding carboxylic acids is 3. The molecule has 3 amide bonds. The molecule has 2 N–H and O–H groups in total. The van der Waals surface area contributed by atoms with Gasteiger partial charge in [0.15, 0.2) is 0 Å². The van der Waals surface area contributed by atoms with Crippen LogP contribution in [0.25, 0.3) is 0 Å². The molecule has 1 heterocycles. The Hall–Kier alpha value is -3.48. The molecule has 0 aromatic heterocycles. The van der Waals surface area contributed by atoms with E-state index in [1.54, 1.807) is 24.3 Å². The molecule has 0 fully saturated rings. The number of para-hydroxylation sites is 1. The smallest absolute Gasteiger partial charge is 0.267 e. The summed E-state index contributed by atoms with van der Waals surface area (Å²) in [6, 6.07) is 16.3. The molecular formula is C22H24N4O3. The molecule has 1 aliphatic heterocycles. The summed E-state index contributed by atoms with van der Waals surface area (Å²) in [5, 5.41) is 11.2. The Bertz CT molecular complexity index is 921. The molecule has 0 spiro atoms. The van der Waals surface area contributed by atoms with Gasteiger partial charge >= 0.3 is 0 Å². The second kappa shape index (κ2) is 9.14. The third-order valence-electron chi connectivity index (χ3n) is 4.49. The van der Waals surface area contributed by atoms with Crippen molar-refractivity contribution in [1.29, 1.82) is 0 Å². The fourth-order valence-corrected chi connectivity index (χ4v) is 2.76. The van der Waals surface area contributed by atoms with Crippen LogP contribution in [0.4, 0.5) is 11.4 Å². The highest BCUT2D eigenvalue weighted by molar-refractivity contribution is 6.40. The number of anilines is 2. The zero-order valence-electron chi connectivity index (χ0n) is 16.5. The van der Waals surface area contributed by atoms with Gasteiger partial charge < -0.3 is 10.6 Å². The van der Waals surface area contributed by atoms with E-state index in [2.05, 4.69) is 15.7 Å². The van der Waals surface area contributed by atoms with Gasteiger partial charge in [-0.3, -0.25) is 14.4 Å². The van der Waals surface area contributed by atoms with Gasteiger partial charge in [-0.05, 0) is 29.8 Å². The van der Waals surface area contributed by atoms with Gasteiger partial charge in [0.1, 0.15) is 5.71 Å². The number of nitrogens with one attached hydrogen (secondary N) is 2. The Morgan fingerprint density at radius 3 is 2.38 bits per heavy atom. The van der Waals surface area contributed by atoms with Gasteiger partial charge in [-0.1, -0.05) is 44.2 Å². The SMILES string of the molecule is CC(C)C(=O)Nc1ccc(CNC(=O)C2=NN(c3ccccc3)C(=O)CC2)cc1. The first kappa shape index (κ1) is 20.3. The molecule has 0 atom stereocenters. The topological polar surface area (TPSA) is 90.9 Å². The summed E-state index contributed by atoms with van der Waals surface area (Å²) in [7, 11) is 0. The summed E-state index contributed by atoms with van der Waals surface area (Å²) in [5.41, 5.74) is 2.58. The maximum absolute atomic E-state index is 12.5. The lowest BCUT2D eigenvalue weighted by atomic mass is 10.1. The number of hydrazone groups is 1. The number of amides is 3. The summed E-state index contributed by atoms with van der Waals surface area (Å²) < 4.78 is 0. The van der Waals surface area contributed by atoms with Crippen molar-refractivity contribution in [2.24, 2.45) is 11.0 Å². The highest BCUT2D eigenvalue weighted by Gasteiger charge is 2.25. The number of hydrogen-bond acceptors (Lipinski definition) is 4. The van der Waals surface area contributed by atoms with Crippen molar-refractivity contribution in [1.82, 2.24) is 5.32 Å². The lowest BCUT2D eigenvalue weighted by Gasteiger charge is -2.23. The van der Waals surface area contributed by atoms with Gasteiger partial charge in [-0.2, -0.15) is 5.10 Å². The second-order valence-corrected chi connectivity index (χ2v) is 7.11. The fraction of sp³-hybridized carbons (Fsp3) is 0.273. The molecule has 0 unspecified atom stereocenters. The van der Waals surface area contributed by atoms with E-state index in [1.807, 2.05) is 44.2 Å². The van der Waals surface area contributed by atoms with Crippen molar-refractivity contribution in [3.05, 3.63) is 60.2 Å². The summed E-state index contributed by atoms with van der Waals surface area (Å²) in [6.07, 6.45) is 0.555. The minimum atomic E-state index is -0.296. The number of rotatable bonds is 6. The molecule has 7 nitrogen and oxygen atoms in total. The van der Waals surface area contributed by atoms with Crippen LogP contribution in [-0.4, -0.2) is 23.4 Å². The second-order valence-electron chi connectivity index (χ2n) is 7.11. The van der Waals surface area contributed by atoms with Crippen LogP contribution in [0, 0.1) is 5.92 Å². The van der Waals surface area contributed by atoms with Gasteiger partial charge in [-0.15, -0.1) is 0 Å². The lowest BCUT2D eigenvalue weighted by Crippen LogP contribution is -2.38. The monoisotopic (exact) mass is 392 g/mol. The zero-order valence-corrected chi connectivity index (χ0v) is 16.5. The van der Waals surface area contributed by atoms with Crippen LogP contribution in [0.2, 0.25) is 0 Å². The quantitative estimate of drug-likeness (QED) is 0.791. The fourth-order valence-electron chi connectivity index (χ4n) is 2.76. The first-order chi connectivity index (χ1) is 13.9. The minimum absolute atomic E-state index is 0.0427. The van der Waals surface area contributed by atoms with Crippen LogP contribution in [0.1, 0.15) is 32.3 Å². The average Bonchev–Trinajstić information content (AvgIpc) is 2.74. The summed E-state index contributed by atoms with van der Waals surface area (Å²) in [6.45, 7) is 3.99. The molecule has 0 radical (unpaired) electrons. The van der Waals surface area contributed by atoms with Gasteiger partial charge in [0.25, 0.3) is 5.91 Å². The normalized spacial score (nSPS) is 13.8. The molecule has 0 bridgehead atoms. The van der Waals surface area contributed by atoms with Gasteiger partial charge in [0, 0.05) is 31.0 Å².